The number of fused-ring (bicyclic) bond motifs is 5. The van der Waals surface area contributed by atoms with Gasteiger partial charge in [0.2, 0.25) is 0 Å². The van der Waals surface area contributed by atoms with Gasteiger partial charge in [0.1, 0.15) is 0 Å². The highest BCUT2D eigenvalue weighted by Crippen LogP contribution is 2.66. The summed E-state index contributed by atoms with van der Waals surface area (Å²) in [5, 5.41) is 4.62. The van der Waals surface area contributed by atoms with Crippen LogP contribution >= 0.6 is 0 Å². The molecule has 166 valence electrons. The molecule has 4 nitrogen and oxygen atoms in total. The summed E-state index contributed by atoms with van der Waals surface area (Å²) in [5.41, 5.74) is 12.1. The largest absolute Gasteiger partial charge is 0.350 e. The first-order valence-electron chi connectivity index (χ1n) is 12.3. The van der Waals surface area contributed by atoms with Crippen LogP contribution in [0.3, 0.4) is 0 Å². The molecule has 0 heterocycles. The maximum absolute atomic E-state index is 11.5. The molecular weight excluding hydrogens is 382 g/mol. The molecule has 1 aromatic carbocycles. The SMILES string of the molecule is CC12CCC3C(CC[C@H]4CCCCC34C)C1CC(=C\c1ccccc1)/C2=N/NC(N)=O. The average molecular weight is 420 g/mol. The van der Waals surface area contributed by atoms with Gasteiger partial charge in [-0.3, -0.25) is 0 Å². The first-order chi connectivity index (χ1) is 14.9. The van der Waals surface area contributed by atoms with Crippen molar-refractivity contribution in [3.63, 3.8) is 0 Å². The van der Waals surface area contributed by atoms with Gasteiger partial charge >= 0.3 is 6.03 Å². The van der Waals surface area contributed by atoms with Crippen LogP contribution in [-0.4, -0.2) is 11.7 Å². The summed E-state index contributed by atoms with van der Waals surface area (Å²) in [5.74, 6) is 3.14. The highest BCUT2D eigenvalue weighted by Gasteiger charge is 2.60. The van der Waals surface area contributed by atoms with Crippen LogP contribution in [0, 0.1) is 34.5 Å². The molecule has 4 aliphatic rings. The van der Waals surface area contributed by atoms with Crippen molar-refractivity contribution in [2.24, 2.45) is 45.3 Å². The highest BCUT2D eigenvalue weighted by atomic mass is 16.2. The van der Waals surface area contributed by atoms with Crippen LogP contribution in [0.4, 0.5) is 4.79 Å². The van der Waals surface area contributed by atoms with E-state index in [0.717, 1.165) is 36.3 Å². The van der Waals surface area contributed by atoms with E-state index in [1.807, 2.05) is 0 Å². The molecule has 4 aliphatic carbocycles. The Morgan fingerprint density at radius 2 is 1.87 bits per heavy atom. The second-order valence-corrected chi connectivity index (χ2v) is 11.1. The zero-order chi connectivity index (χ0) is 21.6. The quantitative estimate of drug-likeness (QED) is 0.556. The van der Waals surface area contributed by atoms with Gasteiger partial charge in [-0.05, 0) is 91.2 Å². The third kappa shape index (κ3) is 3.43. The van der Waals surface area contributed by atoms with Crippen molar-refractivity contribution in [2.75, 3.05) is 0 Å². The first kappa shape index (κ1) is 20.8. The van der Waals surface area contributed by atoms with Crippen LogP contribution in [0.1, 0.15) is 77.2 Å². The number of hydrogen-bond acceptors (Lipinski definition) is 2. The van der Waals surface area contributed by atoms with E-state index in [9.17, 15) is 4.79 Å². The number of allylic oxidation sites excluding steroid dienone is 1. The van der Waals surface area contributed by atoms with Crippen LogP contribution in [0.2, 0.25) is 0 Å². The number of amides is 2. The molecule has 0 bridgehead atoms. The molecule has 4 saturated carbocycles. The van der Waals surface area contributed by atoms with Gasteiger partial charge < -0.3 is 5.73 Å². The number of nitrogens with zero attached hydrogens (tertiary/aromatic N) is 1. The predicted molar refractivity (Wildman–Crippen MR) is 126 cm³/mol. The van der Waals surface area contributed by atoms with Crippen molar-refractivity contribution < 1.29 is 4.79 Å². The Balaban J connectivity index is 1.52. The van der Waals surface area contributed by atoms with Gasteiger partial charge in [-0.15, -0.1) is 0 Å². The van der Waals surface area contributed by atoms with Crippen LogP contribution in [-0.2, 0) is 0 Å². The number of carbonyl (C=O) groups is 1. The van der Waals surface area contributed by atoms with E-state index >= 15 is 0 Å². The number of rotatable bonds is 2. The molecule has 0 aliphatic heterocycles. The maximum atomic E-state index is 11.5. The van der Waals surface area contributed by atoms with E-state index in [1.54, 1.807) is 0 Å². The topological polar surface area (TPSA) is 67.5 Å². The minimum atomic E-state index is -0.581. The van der Waals surface area contributed by atoms with Crippen LogP contribution < -0.4 is 11.2 Å². The molecule has 1 aromatic rings. The number of benzene rings is 1. The monoisotopic (exact) mass is 419 g/mol. The summed E-state index contributed by atoms with van der Waals surface area (Å²) in [6.07, 6.45) is 14.3. The zero-order valence-electron chi connectivity index (χ0n) is 19.1. The van der Waals surface area contributed by atoms with Crippen molar-refractivity contribution in [1.82, 2.24) is 5.43 Å². The number of hydrogen-bond donors (Lipinski definition) is 2. The summed E-state index contributed by atoms with van der Waals surface area (Å²) in [7, 11) is 0. The minimum Gasteiger partial charge on any atom is -0.350 e. The Morgan fingerprint density at radius 3 is 2.65 bits per heavy atom. The van der Waals surface area contributed by atoms with Gasteiger partial charge in [-0.2, -0.15) is 5.10 Å². The number of nitrogens with one attached hydrogen (secondary N) is 1. The smallest absolute Gasteiger partial charge is 0.332 e. The molecule has 0 aromatic heterocycles. The van der Waals surface area contributed by atoms with Crippen molar-refractivity contribution in [3.8, 4) is 0 Å². The summed E-state index contributed by atoms with van der Waals surface area (Å²) >= 11 is 0. The van der Waals surface area contributed by atoms with Crippen molar-refractivity contribution in [2.45, 2.75) is 71.6 Å². The second-order valence-electron chi connectivity index (χ2n) is 11.1. The standard InChI is InChI=1S/C27H37N3O/c1-26-14-7-6-10-20(26)11-12-21-22(26)13-15-27(2)23(21)17-19(24(27)29-30-25(28)31)16-18-8-4-3-5-9-18/h3-5,8-9,16,20-23H,6-7,10-15,17H2,1-2H3,(H3,28,30,31)/b19-16+,29-24-/t20-,21?,22?,23?,26?,27?/m1/s1. The fourth-order valence-electron chi connectivity index (χ4n) is 8.17. The fourth-order valence-corrected chi connectivity index (χ4v) is 8.17. The Kier molecular flexibility index (Phi) is 5.22. The zero-order valence-corrected chi connectivity index (χ0v) is 19.1. The first-order valence-corrected chi connectivity index (χ1v) is 12.3. The Bertz CT molecular complexity index is 906. The lowest BCUT2D eigenvalue weighted by molar-refractivity contribution is -0.0931. The summed E-state index contributed by atoms with van der Waals surface area (Å²) < 4.78 is 0. The van der Waals surface area contributed by atoms with E-state index < -0.39 is 6.03 Å². The Labute approximate surface area is 186 Å². The average Bonchev–Trinajstić information content (AvgIpc) is 3.03. The van der Waals surface area contributed by atoms with Gasteiger partial charge in [0.25, 0.3) is 0 Å². The number of hydrazone groups is 1. The maximum Gasteiger partial charge on any atom is 0.332 e. The van der Waals surface area contributed by atoms with E-state index in [4.69, 9.17) is 5.73 Å². The summed E-state index contributed by atoms with van der Waals surface area (Å²) in [4.78, 5) is 11.5. The van der Waals surface area contributed by atoms with Gasteiger partial charge in [0.05, 0.1) is 5.71 Å². The number of urea groups is 1. The van der Waals surface area contributed by atoms with E-state index in [2.05, 4.69) is 60.8 Å². The summed E-state index contributed by atoms with van der Waals surface area (Å²) in [6, 6.07) is 9.92. The van der Waals surface area contributed by atoms with Crippen LogP contribution in [0.25, 0.3) is 6.08 Å². The van der Waals surface area contributed by atoms with Gasteiger partial charge in [0, 0.05) is 5.41 Å². The van der Waals surface area contributed by atoms with E-state index in [-0.39, 0.29) is 5.41 Å². The molecule has 31 heavy (non-hydrogen) atoms. The lowest BCUT2D eigenvalue weighted by atomic mass is 9.45. The number of nitrogens with two attached hydrogens (primary N) is 1. The van der Waals surface area contributed by atoms with Gasteiger partial charge in [-0.1, -0.05) is 57.0 Å². The van der Waals surface area contributed by atoms with Crippen molar-refractivity contribution in [3.05, 3.63) is 41.5 Å². The van der Waals surface area contributed by atoms with Crippen LogP contribution in [0.5, 0.6) is 0 Å². The number of carbonyl (C=O) groups excluding carboxylic acids is 1. The van der Waals surface area contributed by atoms with Gasteiger partial charge in [-0.25, -0.2) is 10.2 Å². The highest BCUT2D eigenvalue weighted by molar-refractivity contribution is 6.10. The van der Waals surface area contributed by atoms with Crippen molar-refractivity contribution in [1.29, 1.82) is 0 Å². The minimum absolute atomic E-state index is 0.0160. The van der Waals surface area contributed by atoms with E-state index in [0.29, 0.717) is 11.3 Å². The molecule has 0 radical (unpaired) electrons. The second kappa shape index (κ2) is 7.79. The van der Waals surface area contributed by atoms with E-state index in [1.165, 1.54) is 56.1 Å². The third-order valence-corrected chi connectivity index (χ3v) is 9.68. The molecular formula is C27H37N3O. The Hall–Kier alpha value is -2.10. The molecule has 5 rings (SSSR count). The normalized spacial score (nSPS) is 42.0. The molecule has 4 fully saturated rings. The number of primary amides is 1. The fraction of sp³-hybridized carbons (Fsp3) is 0.630. The third-order valence-electron chi connectivity index (χ3n) is 9.68. The molecule has 5 unspecified atom stereocenters. The summed E-state index contributed by atoms with van der Waals surface area (Å²) in [6.45, 7) is 5.02. The van der Waals surface area contributed by atoms with Gasteiger partial charge in [0.15, 0.2) is 0 Å². The van der Waals surface area contributed by atoms with Crippen molar-refractivity contribution >= 4 is 17.8 Å². The molecule has 0 saturated heterocycles. The molecule has 0 spiro atoms. The Morgan fingerprint density at radius 1 is 1.06 bits per heavy atom. The molecule has 3 N–H and O–H groups in total. The molecule has 6 atom stereocenters. The predicted octanol–water partition coefficient (Wildman–Crippen LogP) is 6.14. The van der Waals surface area contributed by atoms with Crippen LogP contribution in [0.15, 0.2) is 41.0 Å². The molecule has 2 amide bonds. The molecule has 4 heteroatoms. The lowest BCUT2D eigenvalue weighted by Crippen LogP contribution is -2.52. The lowest BCUT2D eigenvalue weighted by Gasteiger charge is -2.59.